The number of anilines is 1. The summed E-state index contributed by atoms with van der Waals surface area (Å²) < 4.78 is 5.34. The van der Waals surface area contributed by atoms with Crippen LogP contribution in [0.4, 0.5) is 5.69 Å². The summed E-state index contributed by atoms with van der Waals surface area (Å²) in [5.41, 5.74) is 0.655. The van der Waals surface area contributed by atoms with Gasteiger partial charge in [-0.3, -0.25) is 9.59 Å². The third-order valence-corrected chi connectivity index (χ3v) is 4.33. The zero-order valence-corrected chi connectivity index (χ0v) is 15.5. The SMILES string of the molecule is C[C@H](OC(=O)C(C)(C)c1ccccc1)C(=O)Nc1ccc(C#N)c(Cl)c1. The number of nitrogens with zero attached hydrogens (tertiary/aromatic N) is 1. The van der Waals surface area contributed by atoms with Gasteiger partial charge in [-0.2, -0.15) is 5.26 Å². The Morgan fingerprint density at radius 3 is 2.42 bits per heavy atom. The summed E-state index contributed by atoms with van der Waals surface area (Å²) in [5.74, 6) is -0.979. The Morgan fingerprint density at radius 1 is 1.19 bits per heavy atom. The Balaban J connectivity index is 2.03. The molecule has 2 aromatic rings. The predicted molar refractivity (Wildman–Crippen MR) is 99.8 cm³/mol. The number of benzene rings is 2. The summed E-state index contributed by atoms with van der Waals surface area (Å²) in [6.45, 7) is 4.99. The standard InChI is InChI=1S/C20H19ClN2O3/c1-13(18(24)23-16-10-9-14(12-22)17(21)11-16)26-19(25)20(2,3)15-7-5-4-6-8-15/h4-11,13H,1-3H3,(H,23,24)/t13-/m0/s1. The number of hydrogen-bond donors (Lipinski definition) is 1. The number of rotatable bonds is 5. The minimum atomic E-state index is -0.986. The van der Waals surface area contributed by atoms with Crippen LogP contribution in [0.1, 0.15) is 31.9 Å². The van der Waals surface area contributed by atoms with Gasteiger partial charge in [0.25, 0.3) is 5.91 Å². The van der Waals surface area contributed by atoms with Crippen LogP contribution in [0.5, 0.6) is 0 Å². The minimum absolute atomic E-state index is 0.236. The Morgan fingerprint density at radius 2 is 1.85 bits per heavy atom. The third-order valence-electron chi connectivity index (χ3n) is 4.02. The quantitative estimate of drug-likeness (QED) is 0.805. The molecule has 0 aliphatic heterocycles. The second kappa shape index (κ2) is 8.03. The van der Waals surface area contributed by atoms with Crippen LogP contribution >= 0.6 is 11.6 Å². The van der Waals surface area contributed by atoms with Gasteiger partial charge in [-0.15, -0.1) is 0 Å². The lowest BCUT2D eigenvalue weighted by atomic mass is 9.85. The van der Waals surface area contributed by atoms with Gasteiger partial charge in [0, 0.05) is 5.69 Å². The average molecular weight is 371 g/mol. The molecule has 1 N–H and O–H groups in total. The summed E-state index contributed by atoms with van der Waals surface area (Å²) in [6, 6.07) is 15.7. The molecule has 1 amide bonds. The smallest absolute Gasteiger partial charge is 0.316 e. The van der Waals surface area contributed by atoms with Gasteiger partial charge in [0.05, 0.1) is 16.0 Å². The first kappa shape index (κ1) is 19.5. The van der Waals surface area contributed by atoms with E-state index in [4.69, 9.17) is 21.6 Å². The fourth-order valence-corrected chi connectivity index (χ4v) is 2.48. The van der Waals surface area contributed by atoms with Crippen molar-refractivity contribution >= 4 is 29.2 Å². The molecule has 134 valence electrons. The van der Waals surface area contributed by atoms with Crippen molar-refractivity contribution in [2.75, 3.05) is 5.32 Å². The number of esters is 1. The lowest BCUT2D eigenvalue weighted by molar-refractivity contribution is -0.158. The molecular weight excluding hydrogens is 352 g/mol. The number of nitrogens with one attached hydrogen (secondary N) is 1. The first-order valence-electron chi connectivity index (χ1n) is 8.03. The lowest BCUT2D eigenvalue weighted by Crippen LogP contribution is -2.37. The zero-order valence-electron chi connectivity index (χ0n) is 14.7. The minimum Gasteiger partial charge on any atom is -0.452 e. The van der Waals surface area contributed by atoms with Crippen molar-refractivity contribution in [2.45, 2.75) is 32.3 Å². The molecular formula is C20H19ClN2O3. The van der Waals surface area contributed by atoms with Crippen molar-refractivity contribution in [2.24, 2.45) is 0 Å². The molecule has 0 spiro atoms. The number of ether oxygens (including phenoxy) is 1. The molecule has 0 unspecified atom stereocenters. The molecule has 0 aromatic heterocycles. The molecule has 0 radical (unpaired) electrons. The topological polar surface area (TPSA) is 79.2 Å². The maximum absolute atomic E-state index is 12.5. The van der Waals surface area contributed by atoms with Crippen molar-refractivity contribution in [1.82, 2.24) is 0 Å². The zero-order chi connectivity index (χ0) is 19.3. The van der Waals surface area contributed by atoms with Crippen molar-refractivity contribution in [1.29, 1.82) is 5.26 Å². The Labute approximate surface area is 157 Å². The van der Waals surface area contributed by atoms with Crippen LogP contribution in [-0.2, 0) is 19.7 Å². The number of carbonyl (C=O) groups is 2. The Kier molecular flexibility index (Phi) is 6.01. The molecule has 0 fully saturated rings. The molecule has 1 atom stereocenters. The number of halogens is 1. The predicted octanol–water partition coefficient (Wildman–Crippen LogP) is 4.06. The van der Waals surface area contributed by atoms with E-state index >= 15 is 0 Å². The highest BCUT2D eigenvalue weighted by atomic mass is 35.5. The molecule has 0 saturated heterocycles. The molecule has 0 saturated carbocycles. The summed E-state index contributed by atoms with van der Waals surface area (Å²) in [7, 11) is 0. The normalized spacial score (nSPS) is 12.0. The van der Waals surface area contributed by atoms with Crippen LogP contribution in [-0.4, -0.2) is 18.0 Å². The Bertz CT molecular complexity index is 857. The van der Waals surface area contributed by atoms with Crippen LogP contribution in [0.25, 0.3) is 0 Å². The third kappa shape index (κ3) is 4.41. The van der Waals surface area contributed by atoms with Crippen molar-refractivity contribution < 1.29 is 14.3 Å². The molecule has 26 heavy (non-hydrogen) atoms. The van der Waals surface area contributed by atoms with Crippen LogP contribution in [0.3, 0.4) is 0 Å². The summed E-state index contributed by atoms with van der Waals surface area (Å²) in [5, 5.41) is 11.7. The summed E-state index contributed by atoms with van der Waals surface area (Å²) in [6.07, 6.45) is -0.986. The second-order valence-electron chi connectivity index (χ2n) is 6.33. The van der Waals surface area contributed by atoms with E-state index < -0.39 is 23.4 Å². The average Bonchev–Trinajstić information content (AvgIpc) is 2.62. The van der Waals surface area contributed by atoms with E-state index in [1.807, 2.05) is 36.4 Å². The maximum Gasteiger partial charge on any atom is 0.316 e. The Hall–Kier alpha value is -2.84. The molecule has 2 rings (SSSR count). The summed E-state index contributed by atoms with van der Waals surface area (Å²) in [4.78, 5) is 24.8. The van der Waals surface area contributed by atoms with Gasteiger partial charge in [0.1, 0.15) is 6.07 Å². The molecule has 0 aliphatic rings. The molecule has 0 aliphatic carbocycles. The fraction of sp³-hybridized carbons (Fsp3) is 0.250. The van der Waals surface area contributed by atoms with Gasteiger partial charge < -0.3 is 10.1 Å². The van der Waals surface area contributed by atoms with E-state index in [-0.39, 0.29) is 5.02 Å². The highest BCUT2D eigenvalue weighted by Crippen LogP contribution is 2.25. The molecule has 0 bridgehead atoms. The first-order chi connectivity index (χ1) is 12.3. The number of nitriles is 1. The van der Waals surface area contributed by atoms with E-state index in [1.165, 1.54) is 19.1 Å². The molecule has 2 aromatic carbocycles. The molecule has 0 heterocycles. The van der Waals surface area contributed by atoms with Gasteiger partial charge >= 0.3 is 5.97 Å². The van der Waals surface area contributed by atoms with Crippen LogP contribution in [0, 0.1) is 11.3 Å². The van der Waals surface area contributed by atoms with Crippen LogP contribution < -0.4 is 5.32 Å². The monoisotopic (exact) mass is 370 g/mol. The van der Waals surface area contributed by atoms with Crippen LogP contribution in [0.2, 0.25) is 5.02 Å². The van der Waals surface area contributed by atoms with Crippen molar-refractivity contribution in [3.8, 4) is 6.07 Å². The van der Waals surface area contributed by atoms with Gasteiger partial charge in [-0.25, -0.2) is 0 Å². The van der Waals surface area contributed by atoms with E-state index in [0.29, 0.717) is 11.3 Å². The van der Waals surface area contributed by atoms with Crippen molar-refractivity contribution in [3.05, 3.63) is 64.7 Å². The first-order valence-corrected chi connectivity index (χ1v) is 8.40. The molecule has 5 nitrogen and oxygen atoms in total. The van der Waals surface area contributed by atoms with Crippen molar-refractivity contribution in [3.63, 3.8) is 0 Å². The largest absolute Gasteiger partial charge is 0.452 e. The van der Waals surface area contributed by atoms with Crippen LogP contribution in [0.15, 0.2) is 48.5 Å². The van der Waals surface area contributed by atoms with Gasteiger partial charge in [0.15, 0.2) is 6.10 Å². The molecule has 6 heteroatoms. The van der Waals surface area contributed by atoms with E-state index in [9.17, 15) is 9.59 Å². The highest BCUT2D eigenvalue weighted by molar-refractivity contribution is 6.32. The van der Waals surface area contributed by atoms with E-state index in [1.54, 1.807) is 19.9 Å². The lowest BCUT2D eigenvalue weighted by Gasteiger charge is -2.25. The van der Waals surface area contributed by atoms with E-state index in [0.717, 1.165) is 5.56 Å². The highest BCUT2D eigenvalue weighted by Gasteiger charge is 2.33. The fourth-order valence-electron chi connectivity index (χ4n) is 2.26. The number of carbonyl (C=O) groups excluding carboxylic acids is 2. The second-order valence-corrected chi connectivity index (χ2v) is 6.74. The summed E-state index contributed by atoms with van der Waals surface area (Å²) >= 11 is 5.95. The number of amides is 1. The maximum atomic E-state index is 12.5. The van der Waals surface area contributed by atoms with E-state index in [2.05, 4.69) is 5.32 Å². The number of hydrogen-bond acceptors (Lipinski definition) is 4. The van der Waals surface area contributed by atoms with Gasteiger partial charge in [-0.05, 0) is 44.5 Å². The van der Waals surface area contributed by atoms with Gasteiger partial charge in [-0.1, -0.05) is 41.9 Å². The van der Waals surface area contributed by atoms with Gasteiger partial charge in [0.2, 0.25) is 0 Å².